The lowest BCUT2D eigenvalue weighted by atomic mass is 9.73. The summed E-state index contributed by atoms with van der Waals surface area (Å²) < 4.78 is 10.8. The second kappa shape index (κ2) is 9.63. The quantitative estimate of drug-likeness (QED) is 0.687. The van der Waals surface area contributed by atoms with Crippen molar-refractivity contribution in [3.63, 3.8) is 0 Å². The molecule has 0 aromatic rings. The van der Waals surface area contributed by atoms with Crippen LogP contribution in [0, 0.1) is 17.8 Å². The largest absolute Gasteiger partial charge is 0.447 e. The van der Waals surface area contributed by atoms with E-state index in [2.05, 4.69) is 22.3 Å². The molecular formula is C23H40N4O4. The molecule has 0 aromatic carbocycles. The van der Waals surface area contributed by atoms with E-state index < -0.39 is 0 Å². The van der Waals surface area contributed by atoms with E-state index in [9.17, 15) is 9.59 Å². The molecule has 4 rings (SSSR count). The Balaban J connectivity index is 1.48. The molecule has 2 aliphatic carbocycles. The summed E-state index contributed by atoms with van der Waals surface area (Å²) in [7, 11) is 1.73. The fraction of sp³-hybridized carbons (Fsp3) is 0.913. The third kappa shape index (κ3) is 5.01. The molecule has 8 heteroatoms. The number of rotatable bonds is 6. The van der Waals surface area contributed by atoms with Crippen molar-refractivity contribution in [1.29, 1.82) is 0 Å². The van der Waals surface area contributed by atoms with Crippen LogP contribution >= 0.6 is 0 Å². The normalized spacial score (nSPS) is 34.2. The number of nitrogens with zero attached hydrogens (tertiary/aromatic N) is 3. The van der Waals surface area contributed by atoms with Crippen LogP contribution in [0.2, 0.25) is 0 Å². The third-order valence-corrected chi connectivity index (χ3v) is 7.53. The molecular weight excluding hydrogens is 396 g/mol. The Bertz CT molecular complexity index is 655. The Morgan fingerprint density at radius 2 is 1.84 bits per heavy atom. The first-order valence-electron chi connectivity index (χ1n) is 12.2. The molecule has 4 aliphatic rings. The van der Waals surface area contributed by atoms with Crippen LogP contribution in [-0.2, 0) is 14.3 Å². The summed E-state index contributed by atoms with van der Waals surface area (Å²) in [5, 5.41) is 2.26. The number of carbonyl (C=O) groups excluding carboxylic acids is 2. The highest BCUT2D eigenvalue weighted by atomic mass is 16.6. The van der Waals surface area contributed by atoms with Crippen LogP contribution in [0.5, 0.6) is 0 Å². The molecule has 0 spiro atoms. The first-order valence-corrected chi connectivity index (χ1v) is 12.2. The Hall–Kier alpha value is -1.38. The van der Waals surface area contributed by atoms with Gasteiger partial charge in [0.25, 0.3) is 0 Å². The Morgan fingerprint density at radius 3 is 2.52 bits per heavy atom. The van der Waals surface area contributed by atoms with Crippen LogP contribution in [0.1, 0.15) is 52.9 Å². The highest BCUT2D eigenvalue weighted by Crippen LogP contribution is 2.42. The number of amides is 2. The smallest absolute Gasteiger partial charge is 0.410 e. The van der Waals surface area contributed by atoms with E-state index in [1.165, 1.54) is 0 Å². The van der Waals surface area contributed by atoms with Crippen molar-refractivity contribution < 1.29 is 19.1 Å². The summed E-state index contributed by atoms with van der Waals surface area (Å²) in [5.41, 5.74) is 3.51. The topological polar surface area (TPSA) is 74.4 Å². The molecule has 4 unspecified atom stereocenters. The van der Waals surface area contributed by atoms with Crippen molar-refractivity contribution in [1.82, 2.24) is 20.2 Å². The van der Waals surface area contributed by atoms with Crippen LogP contribution in [0.4, 0.5) is 4.79 Å². The van der Waals surface area contributed by atoms with Crippen LogP contribution in [0.15, 0.2) is 0 Å². The zero-order chi connectivity index (χ0) is 22.1. The van der Waals surface area contributed by atoms with Gasteiger partial charge in [-0.3, -0.25) is 10.2 Å². The van der Waals surface area contributed by atoms with E-state index in [1.54, 1.807) is 7.11 Å². The van der Waals surface area contributed by atoms with Gasteiger partial charge < -0.3 is 19.3 Å². The summed E-state index contributed by atoms with van der Waals surface area (Å²) in [6.07, 6.45) is 4.71. The Kier molecular flexibility index (Phi) is 7.08. The van der Waals surface area contributed by atoms with Gasteiger partial charge in [0.2, 0.25) is 5.91 Å². The third-order valence-electron chi connectivity index (χ3n) is 7.53. The summed E-state index contributed by atoms with van der Waals surface area (Å²) in [5.74, 6) is 1.63. The molecule has 4 fully saturated rings. The minimum Gasteiger partial charge on any atom is -0.447 e. The lowest BCUT2D eigenvalue weighted by molar-refractivity contribution is -0.146. The van der Waals surface area contributed by atoms with Crippen LogP contribution in [0.25, 0.3) is 0 Å². The van der Waals surface area contributed by atoms with Gasteiger partial charge in [-0.05, 0) is 64.7 Å². The van der Waals surface area contributed by atoms with Gasteiger partial charge in [-0.25, -0.2) is 9.80 Å². The molecule has 2 amide bonds. The van der Waals surface area contributed by atoms with Crippen LogP contribution in [0.3, 0.4) is 0 Å². The molecule has 5 atom stereocenters. The van der Waals surface area contributed by atoms with Crippen molar-refractivity contribution in [3.05, 3.63) is 0 Å². The molecule has 176 valence electrons. The maximum atomic E-state index is 13.1. The number of carbonyl (C=O) groups is 2. The maximum Gasteiger partial charge on any atom is 0.410 e. The fourth-order valence-electron chi connectivity index (χ4n) is 5.83. The average Bonchev–Trinajstić information content (AvgIpc) is 3.48. The number of methoxy groups -OCH3 is 1. The Labute approximate surface area is 186 Å². The molecule has 0 bridgehead atoms. The highest BCUT2D eigenvalue weighted by Gasteiger charge is 2.50. The first-order chi connectivity index (χ1) is 14.9. The predicted octanol–water partition coefficient (Wildman–Crippen LogP) is 2.09. The van der Waals surface area contributed by atoms with Gasteiger partial charge in [-0.1, -0.05) is 0 Å². The van der Waals surface area contributed by atoms with E-state index in [0.29, 0.717) is 24.3 Å². The number of ether oxygens (including phenoxy) is 2. The molecule has 1 N–H and O–H groups in total. The number of piperazine rings is 1. The zero-order valence-electron chi connectivity index (χ0n) is 19.6. The van der Waals surface area contributed by atoms with Crippen LogP contribution in [-0.4, -0.2) is 90.9 Å². The highest BCUT2D eigenvalue weighted by molar-refractivity contribution is 5.82. The van der Waals surface area contributed by atoms with Crippen molar-refractivity contribution >= 4 is 12.0 Å². The molecule has 2 saturated carbocycles. The van der Waals surface area contributed by atoms with E-state index >= 15 is 0 Å². The van der Waals surface area contributed by atoms with Crippen molar-refractivity contribution in [2.75, 3.05) is 39.9 Å². The van der Waals surface area contributed by atoms with E-state index in [-0.39, 0.29) is 36.2 Å². The van der Waals surface area contributed by atoms with Gasteiger partial charge >= 0.3 is 6.09 Å². The fourth-order valence-corrected chi connectivity index (χ4v) is 5.83. The molecule has 8 nitrogen and oxygen atoms in total. The summed E-state index contributed by atoms with van der Waals surface area (Å²) in [6.45, 7) is 10.1. The van der Waals surface area contributed by atoms with Crippen LogP contribution < -0.4 is 5.43 Å². The molecule has 31 heavy (non-hydrogen) atoms. The predicted molar refractivity (Wildman–Crippen MR) is 117 cm³/mol. The molecule has 2 heterocycles. The van der Waals surface area contributed by atoms with E-state index in [1.807, 2.05) is 18.7 Å². The monoisotopic (exact) mass is 436 g/mol. The van der Waals surface area contributed by atoms with Gasteiger partial charge in [0.1, 0.15) is 0 Å². The molecule has 0 aromatic heterocycles. The second-order valence-corrected chi connectivity index (χ2v) is 10.2. The van der Waals surface area contributed by atoms with E-state index in [4.69, 9.17) is 9.47 Å². The maximum absolute atomic E-state index is 13.1. The van der Waals surface area contributed by atoms with Gasteiger partial charge in [0, 0.05) is 45.2 Å². The SMILES string of the molecule is COCCN1CC(C2CCC3C(C2)N(C(=O)OC(C)C)C[C@H](C)N3C(=O)C2CC2)CN1. The molecule has 0 radical (unpaired) electrons. The molecule has 2 aliphatic heterocycles. The summed E-state index contributed by atoms with van der Waals surface area (Å²) >= 11 is 0. The minimum atomic E-state index is -0.220. The Morgan fingerprint density at radius 1 is 1.06 bits per heavy atom. The lowest BCUT2D eigenvalue weighted by Crippen LogP contribution is -2.67. The number of nitrogens with one attached hydrogen (secondary N) is 1. The first kappa shape index (κ1) is 22.8. The number of hydrogen-bond donors (Lipinski definition) is 1. The van der Waals surface area contributed by atoms with Gasteiger partial charge in [-0.15, -0.1) is 0 Å². The van der Waals surface area contributed by atoms with Crippen molar-refractivity contribution in [2.24, 2.45) is 17.8 Å². The number of hydrogen-bond acceptors (Lipinski definition) is 6. The van der Waals surface area contributed by atoms with Gasteiger partial charge in [0.15, 0.2) is 0 Å². The summed E-state index contributed by atoms with van der Waals surface area (Å²) in [6, 6.07) is 0.215. The minimum absolute atomic E-state index is 0.0447. The molecule has 2 saturated heterocycles. The lowest BCUT2D eigenvalue weighted by Gasteiger charge is -2.54. The summed E-state index contributed by atoms with van der Waals surface area (Å²) in [4.78, 5) is 30.2. The zero-order valence-corrected chi connectivity index (χ0v) is 19.6. The average molecular weight is 437 g/mol. The standard InChI is InChI=1S/C23H40N4O4/c1-15(2)31-23(29)26-13-16(3)27(22(28)17-5-6-17)20-8-7-18(11-21(20)26)19-12-24-25(14-19)9-10-30-4/h15-21,24H,5-14H2,1-4H3/t16-,18?,19?,20?,21?/m0/s1. The van der Waals surface area contributed by atoms with E-state index in [0.717, 1.165) is 58.3 Å². The van der Waals surface area contributed by atoms with Crippen molar-refractivity contribution in [3.8, 4) is 0 Å². The van der Waals surface area contributed by atoms with Gasteiger partial charge in [-0.2, -0.15) is 0 Å². The number of hydrazine groups is 1. The van der Waals surface area contributed by atoms with Crippen molar-refractivity contribution in [2.45, 2.75) is 77.1 Å². The number of fused-ring (bicyclic) bond motifs is 1. The second-order valence-electron chi connectivity index (χ2n) is 10.2. The van der Waals surface area contributed by atoms with Gasteiger partial charge in [0.05, 0.1) is 24.8 Å².